The molecular weight excluding hydrogens is 305 g/mol. The average Bonchev–Trinajstić information content (AvgIpc) is 2.47. The van der Waals surface area contributed by atoms with Crippen molar-refractivity contribution in [3.05, 3.63) is 65.2 Å². The van der Waals surface area contributed by atoms with Gasteiger partial charge >= 0.3 is 11.9 Å². The SMILES string of the molecule is O=C(O)c1cc(N[PH](=O)Cc2ccccc2)cc(C(=O)O)c1. The maximum atomic E-state index is 12.1. The monoisotopic (exact) mass is 319 g/mol. The van der Waals surface area contributed by atoms with Gasteiger partial charge in [-0.05, 0) is 23.8 Å². The number of anilines is 1. The van der Waals surface area contributed by atoms with Crippen molar-refractivity contribution in [1.29, 1.82) is 0 Å². The number of hydrogen-bond acceptors (Lipinski definition) is 3. The maximum absolute atomic E-state index is 12.1. The van der Waals surface area contributed by atoms with Gasteiger partial charge in [0.25, 0.3) is 0 Å². The summed E-state index contributed by atoms with van der Waals surface area (Å²) < 4.78 is 12.1. The molecule has 0 radical (unpaired) electrons. The second-order valence-electron chi connectivity index (χ2n) is 4.62. The van der Waals surface area contributed by atoms with Gasteiger partial charge in [0.1, 0.15) is 0 Å². The molecule has 22 heavy (non-hydrogen) atoms. The first kappa shape index (κ1) is 15.8. The standard InChI is InChI=1S/C15H14NO5P/c17-14(18)11-6-12(15(19)20)8-13(7-11)16-22(21)9-10-4-2-1-3-5-10/h1-8,22H,9H2,(H,16,21)(H,17,18)(H,19,20). The predicted molar refractivity (Wildman–Crippen MR) is 83.1 cm³/mol. The molecular formula is C15H14NO5P. The van der Waals surface area contributed by atoms with E-state index < -0.39 is 19.9 Å². The Balaban J connectivity index is 2.19. The third-order valence-corrected chi connectivity index (χ3v) is 4.22. The van der Waals surface area contributed by atoms with Crippen LogP contribution in [-0.4, -0.2) is 22.2 Å². The Labute approximate surface area is 127 Å². The Morgan fingerprint density at radius 1 is 0.955 bits per heavy atom. The molecule has 2 aromatic rings. The molecule has 1 atom stereocenters. The maximum Gasteiger partial charge on any atom is 0.335 e. The molecule has 1 unspecified atom stereocenters. The molecule has 3 N–H and O–H groups in total. The van der Waals surface area contributed by atoms with Gasteiger partial charge in [0.15, 0.2) is 7.95 Å². The number of carbonyl (C=O) groups is 2. The highest BCUT2D eigenvalue weighted by Crippen LogP contribution is 2.29. The quantitative estimate of drug-likeness (QED) is 0.707. The fourth-order valence-electron chi connectivity index (χ4n) is 1.93. The van der Waals surface area contributed by atoms with Crippen LogP contribution in [0.2, 0.25) is 0 Å². The molecule has 0 aliphatic heterocycles. The molecule has 6 nitrogen and oxygen atoms in total. The van der Waals surface area contributed by atoms with E-state index in [1.165, 1.54) is 12.1 Å². The highest BCUT2D eigenvalue weighted by molar-refractivity contribution is 7.45. The second-order valence-corrected chi connectivity index (χ2v) is 6.07. The van der Waals surface area contributed by atoms with E-state index >= 15 is 0 Å². The van der Waals surface area contributed by atoms with Gasteiger partial charge in [-0.3, -0.25) is 0 Å². The summed E-state index contributed by atoms with van der Waals surface area (Å²) in [6.07, 6.45) is 0.297. The summed E-state index contributed by atoms with van der Waals surface area (Å²) in [6.45, 7) is 0. The molecule has 0 spiro atoms. The number of hydrogen-bond donors (Lipinski definition) is 3. The first-order valence-corrected chi connectivity index (χ1v) is 8.02. The van der Waals surface area contributed by atoms with Crippen LogP contribution < -0.4 is 5.09 Å². The van der Waals surface area contributed by atoms with E-state index in [4.69, 9.17) is 10.2 Å². The highest BCUT2D eigenvalue weighted by atomic mass is 31.1. The minimum Gasteiger partial charge on any atom is -0.478 e. The summed E-state index contributed by atoms with van der Waals surface area (Å²) in [4.78, 5) is 22.0. The van der Waals surface area contributed by atoms with Gasteiger partial charge < -0.3 is 19.9 Å². The zero-order valence-electron chi connectivity index (χ0n) is 11.4. The third-order valence-electron chi connectivity index (χ3n) is 2.92. The van der Waals surface area contributed by atoms with Gasteiger partial charge in [0.05, 0.1) is 11.1 Å². The van der Waals surface area contributed by atoms with Crippen molar-refractivity contribution in [2.75, 3.05) is 5.09 Å². The van der Waals surface area contributed by atoms with E-state index in [0.29, 0.717) is 6.16 Å². The van der Waals surface area contributed by atoms with Crippen LogP contribution in [-0.2, 0) is 10.7 Å². The third kappa shape index (κ3) is 4.20. The number of carboxylic acids is 2. The van der Waals surface area contributed by atoms with Crippen LogP contribution in [0.5, 0.6) is 0 Å². The Morgan fingerprint density at radius 3 is 2.00 bits per heavy atom. The molecule has 0 aliphatic rings. The van der Waals surface area contributed by atoms with Crippen molar-refractivity contribution in [2.45, 2.75) is 6.16 Å². The molecule has 0 bridgehead atoms. The van der Waals surface area contributed by atoms with E-state index in [2.05, 4.69) is 5.09 Å². The molecule has 0 fully saturated rings. The molecule has 0 aromatic heterocycles. The van der Waals surface area contributed by atoms with Crippen LogP contribution in [0.15, 0.2) is 48.5 Å². The number of nitrogens with one attached hydrogen (secondary N) is 1. The van der Waals surface area contributed by atoms with Gasteiger partial charge in [0.2, 0.25) is 0 Å². The van der Waals surface area contributed by atoms with E-state index in [9.17, 15) is 14.2 Å². The minimum absolute atomic E-state index is 0.170. The van der Waals surface area contributed by atoms with Crippen LogP contribution in [0, 0.1) is 0 Å². The fraction of sp³-hybridized carbons (Fsp3) is 0.0667. The Morgan fingerprint density at radius 2 is 1.50 bits per heavy atom. The smallest absolute Gasteiger partial charge is 0.335 e. The summed E-state index contributed by atoms with van der Waals surface area (Å²) in [7, 11) is -2.26. The molecule has 114 valence electrons. The lowest BCUT2D eigenvalue weighted by atomic mass is 10.1. The molecule has 7 heteroatoms. The van der Waals surface area contributed by atoms with Crippen molar-refractivity contribution < 1.29 is 24.4 Å². The highest BCUT2D eigenvalue weighted by Gasteiger charge is 2.12. The van der Waals surface area contributed by atoms with Crippen LogP contribution in [0.3, 0.4) is 0 Å². The average molecular weight is 319 g/mol. The van der Waals surface area contributed by atoms with Crippen molar-refractivity contribution >= 4 is 25.6 Å². The summed E-state index contributed by atoms with van der Waals surface area (Å²) in [5.41, 5.74) is 0.762. The summed E-state index contributed by atoms with van der Waals surface area (Å²) in [5.74, 6) is -2.48. The van der Waals surface area contributed by atoms with Crippen LogP contribution in [0.1, 0.15) is 26.3 Å². The Hall–Kier alpha value is -2.59. The Kier molecular flexibility index (Phi) is 4.96. The predicted octanol–water partition coefficient (Wildman–Crippen LogP) is 3.17. The van der Waals surface area contributed by atoms with E-state index in [0.717, 1.165) is 11.6 Å². The largest absolute Gasteiger partial charge is 0.478 e. The number of rotatable bonds is 6. The van der Waals surface area contributed by atoms with Crippen molar-refractivity contribution in [3.8, 4) is 0 Å². The minimum atomic E-state index is -2.26. The van der Waals surface area contributed by atoms with Gasteiger partial charge in [-0.25, -0.2) is 9.59 Å². The van der Waals surface area contributed by atoms with Gasteiger partial charge in [0, 0.05) is 11.8 Å². The van der Waals surface area contributed by atoms with Crippen LogP contribution >= 0.6 is 7.95 Å². The topological polar surface area (TPSA) is 104 Å². The summed E-state index contributed by atoms with van der Waals surface area (Å²) in [6, 6.07) is 12.8. The summed E-state index contributed by atoms with van der Waals surface area (Å²) in [5, 5.41) is 20.7. The van der Waals surface area contributed by atoms with Gasteiger partial charge in [-0.15, -0.1) is 0 Å². The van der Waals surface area contributed by atoms with Gasteiger partial charge in [-0.1, -0.05) is 30.3 Å². The number of carboxylic acid groups (broad SMARTS) is 2. The van der Waals surface area contributed by atoms with E-state index in [1.807, 2.05) is 30.3 Å². The molecule has 0 saturated heterocycles. The molecule has 2 rings (SSSR count). The molecule has 2 aromatic carbocycles. The first-order valence-electron chi connectivity index (χ1n) is 6.41. The second kappa shape index (κ2) is 6.91. The normalized spacial score (nSPS) is 11.6. The molecule has 0 saturated carbocycles. The number of benzene rings is 2. The first-order chi connectivity index (χ1) is 10.5. The lowest BCUT2D eigenvalue weighted by Crippen LogP contribution is -2.04. The van der Waals surface area contributed by atoms with Gasteiger partial charge in [-0.2, -0.15) is 0 Å². The van der Waals surface area contributed by atoms with Crippen molar-refractivity contribution in [1.82, 2.24) is 0 Å². The van der Waals surface area contributed by atoms with E-state index in [1.54, 1.807) is 0 Å². The molecule has 0 amide bonds. The Bertz CT molecular complexity index is 698. The van der Waals surface area contributed by atoms with Crippen LogP contribution in [0.25, 0.3) is 0 Å². The lowest BCUT2D eigenvalue weighted by molar-refractivity contribution is 0.0696. The lowest BCUT2D eigenvalue weighted by Gasteiger charge is -2.09. The fourth-order valence-corrected chi connectivity index (χ4v) is 3.09. The zero-order chi connectivity index (χ0) is 16.1. The van der Waals surface area contributed by atoms with Crippen LogP contribution in [0.4, 0.5) is 5.69 Å². The number of aromatic carboxylic acids is 2. The van der Waals surface area contributed by atoms with Crippen molar-refractivity contribution in [2.24, 2.45) is 0 Å². The summed E-state index contributed by atoms with van der Waals surface area (Å²) >= 11 is 0. The van der Waals surface area contributed by atoms with Crippen molar-refractivity contribution in [3.63, 3.8) is 0 Å². The molecule has 0 heterocycles. The van der Waals surface area contributed by atoms with E-state index in [-0.39, 0.29) is 16.8 Å². The zero-order valence-corrected chi connectivity index (χ0v) is 12.4. The molecule has 0 aliphatic carbocycles.